The lowest BCUT2D eigenvalue weighted by Crippen LogP contribution is -2.28. The molecule has 1 amide bonds. The van der Waals surface area contributed by atoms with Crippen LogP contribution in [0, 0.1) is 0 Å². The number of anilines is 2. The molecule has 0 atom stereocenters. The van der Waals surface area contributed by atoms with Crippen LogP contribution in [-0.4, -0.2) is 34.5 Å². The van der Waals surface area contributed by atoms with E-state index in [4.69, 9.17) is 0 Å². The van der Waals surface area contributed by atoms with Crippen LogP contribution in [0.2, 0.25) is 0 Å². The predicted octanol–water partition coefficient (Wildman–Crippen LogP) is 3.81. The lowest BCUT2D eigenvalue weighted by Gasteiger charge is -2.19. The molecule has 1 heterocycles. The lowest BCUT2D eigenvalue weighted by molar-refractivity contribution is 0.0953. The highest BCUT2D eigenvalue weighted by Gasteiger charge is 2.15. The van der Waals surface area contributed by atoms with Gasteiger partial charge < -0.3 is 10.2 Å². The van der Waals surface area contributed by atoms with Crippen molar-refractivity contribution in [2.24, 2.45) is 0 Å². The zero-order valence-corrected chi connectivity index (χ0v) is 17.7. The smallest absolute Gasteiger partial charge is 0.271 e. The van der Waals surface area contributed by atoms with E-state index in [0.717, 1.165) is 30.0 Å². The summed E-state index contributed by atoms with van der Waals surface area (Å²) in [6.45, 7) is 1.39. The summed E-state index contributed by atoms with van der Waals surface area (Å²) < 4.78 is 27.2. The molecule has 0 spiro atoms. The molecule has 0 saturated carbocycles. The predicted molar refractivity (Wildman–Crippen MR) is 118 cm³/mol. The number of thiophene rings is 1. The molecule has 0 fully saturated rings. The standard InChI is InChI=1S/C21H23N3O3S2/c1-24(19-7-3-2-4-8-19)15-6-14-22-21(25)17-10-12-18(13-11-17)23-29(26,27)20-9-5-16-28-20/h2-5,7-13,16,23H,6,14-15H2,1H3,(H,22,25). The van der Waals surface area contributed by atoms with Gasteiger partial charge in [0.2, 0.25) is 0 Å². The van der Waals surface area contributed by atoms with Crippen molar-refractivity contribution in [2.45, 2.75) is 10.6 Å². The number of sulfonamides is 1. The van der Waals surface area contributed by atoms with E-state index in [9.17, 15) is 13.2 Å². The molecular formula is C21H23N3O3S2. The maximum atomic E-state index is 12.3. The average Bonchev–Trinajstić information content (AvgIpc) is 3.28. The number of carbonyl (C=O) groups excluding carboxylic acids is 1. The SMILES string of the molecule is CN(CCCNC(=O)c1ccc(NS(=O)(=O)c2cccs2)cc1)c1ccccc1. The van der Waals surface area contributed by atoms with Gasteiger partial charge in [-0.05, 0) is 54.3 Å². The van der Waals surface area contributed by atoms with Crippen molar-refractivity contribution in [2.75, 3.05) is 29.8 Å². The highest BCUT2D eigenvalue weighted by atomic mass is 32.2. The Labute approximate surface area is 175 Å². The van der Waals surface area contributed by atoms with Crippen LogP contribution in [-0.2, 0) is 10.0 Å². The molecule has 1 aromatic heterocycles. The third kappa shape index (κ3) is 5.82. The highest BCUT2D eigenvalue weighted by molar-refractivity contribution is 7.94. The third-order valence-corrected chi connectivity index (χ3v) is 7.09. The normalized spacial score (nSPS) is 11.1. The number of rotatable bonds is 9. The lowest BCUT2D eigenvalue weighted by atomic mass is 10.2. The van der Waals surface area contributed by atoms with Crippen LogP contribution in [0.5, 0.6) is 0 Å². The molecule has 3 rings (SSSR count). The van der Waals surface area contributed by atoms with Crippen molar-refractivity contribution >= 4 is 38.6 Å². The second kappa shape index (κ2) is 9.58. The molecule has 29 heavy (non-hydrogen) atoms. The highest BCUT2D eigenvalue weighted by Crippen LogP contribution is 2.20. The Bertz CT molecular complexity index is 1020. The second-order valence-electron chi connectivity index (χ2n) is 6.48. The summed E-state index contributed by atoms with van der Waals surface area (Å²) in [5.41, 5.74) is 2.04. The molecule has 0 bridgehead atoms. The van der Waals surface area contributed by atoms with Gasteiger partial charge in [-0.25, -0.2) is 8.42 Å². The minimum absolute atomic E-state index is 0.181. The Morgan fingerprint density at radius 2 is 1.72 bits per heavy atom. The number of para-hydroxylation sites is 1. The average molecular weight is 430 g/mol. The number of nitrogens with one attached hydrogen (secondary N) is 2. The number of carbonyl (C=O) groups is 1. The molecule has 152 valence electrons. The van der Waals surface area contributed by atoms with Crippen LogP contribution in [0.15, 0.2) is 76.3 Å². The Hall–Kier alpha value is -2.84. The van der Waals surface area contributed by atoms with Gasteiger partial charge in [-0.3, -0.25) is 9.52 Å². The minimum atomic E-state index is -3.59. The first-order valence-corrected chi connectivity index (χ1v) is 11.5. The number of hydrogen-bond donors (Lipinski definition) is 2. The summed E-state index contributed by atoms with van der Waals surface area (Å²) in [5.74, 6) is -0.181. The summed E-state index contributed by atoms with van der Waals surface area (Å²) >= 11 is 1.15. The fourth-order valence-electron chi connectivity index (χ4n) is 2.74. The molecule has 8 heteroatoms. The van der Waals surface area contributed by atoms with Crippen molar-refractivity contribution in [3.63, 3.8) is 0 Å². The van der Waals surface area contributed by atoms with Crippen molar-refractivity contribution in [3.05, 3.63) is 77.7 Å². The van der Waals surface area contributed by atoms with Crippen LogP contribution in [0.1, 0.15) is 16.8 Å². The van der Waals surface area contributed by atoms with E-state index in [1.54, 1.807) is 41.8 Å². The van der Waals surface area contributed by atoms with E-state index < -0.39 is 10.0 Å². The quantitative estimate of drug-likeness (QED) is 0.507. The van der Waals surface area contributed by atoms with Gasteiger partial charge in [0.25, 0.3) is 15.9 Å². The van der Waals surface area contributed by atoms with Gasteiger partial charge in [-0.15, -0.1) is 11.3 Å². The molecule has 0 saturated heterocycles. The molecule has 0 unspecified atom stereocenters. The molecule has 2 N–H and O–H groups in total. The van der Waals surface area contributed by atoms with E-state index in [0.29, 0.717) is 17.8 Å². The fraction of sp³-hybridized carbons (Fsp3) is 0.190. The van der Waals surface area contributed by atoms with E-state index in [2.05, 4.69) is 14.9 Å². The van der Waals surface area contributed by atoms with Crippen LogP contribution < -0.4 is 14.9 Å². The van der Waals surface area contributed by atoms with Gasteiger partial charge in [-0.1, -0.05) is 24.3 Å². The molecule has 0 aliphatic heterocycles. The van der Waals surface area contributed by atoms with Gasteiger partial charge >= 0.3 is 0 Å². The maximum absolute atomic E-state index is 12.3. The zero-order valence-electron chi connectivity index (χ0n) is 16.0. The number of nitrogens with zero attached hydrogens (tertiary/aromatic N) is 1. The second-order valence-corrected chi connectivity index (χ2v) is 9.34. The third-order valence-electron chi connectivity index (χ3n) is 4.31. The monoisotopic (exact) mass is 429 g/mol. The summed E-state index contributed by atoms with van der Waals surface area (Å²) in [7, 11) is -1.57. The van der Waals surface area contributed by atoms with Gasteiger partial charge in [0.05, 0.1) is 0 Å². The largest absolute Gasteiger partial charge is 0.375 e. The van der Waals surface area contributed by atoms with Crippen LogP contribution >= 0.6 is 11.3 Å². The Morgan fingerprint density at radius 3 is 2.38 bits per heavy atom. The van der Waals surface area contributed by atoms with E-state index in [1.807, 2.05) is 37.4 Å². The zero-order chi connectivity index (χ0) is 20.7. The summed E-state index contributed by atoms with van der Waals surface area (Å²) in [6, 6.07) is 19.7. The summed E-state index contributed by atoms with van der Waals surface area (Å²) in [4.78, 5) is 14.4. The van der Waals surface area contributed by atoms with Crippen LogP contribution in [0.25, 0.3) is 0 Å². The van der Waals surface area contributed by atoms with Crippen molar-refractivity contribution in [1.82, 2.24) is 5.32 Å². The number of hydrogen-bond acceptors (Lipinski definition) is 5. The fourth-order valence-corrected chi connectivity index (χ4v) is 4.79. The van der Waals surface area contributed by atoms with Gasteiger partial charge in [0.1, 0.15) is 4.21 Å². The first kappa shape index (κ1) is 20.9. The van der Waals surface area contributed by atoms with E-state index in [-0.39, 0.29) is 10.1 Å². The van der Waals surface area contributed by atoms with Crippen LogP contribution in [0.3, 0.4) is 0 Å². The summed E-state index contributed by atoms with van der Waals surface area (Å²) in [5, 5.41) is 4.60. The Balaban J connectivity index is 1.46. The molecule has 0 aliphatic carbocycles. The maximum Gasteiger partial charge on any atom is 0.271 e. The van der Waals surface area contributed by atoms with Crippen LogP contribution in [0.4, 0.5) is 11.4 Å². The van der Waals surface area contributed by atoms with Crippen molar-refractivity contribution in [1.29, 1.82) is 0 Å². The molecular weight excluding hydrogens is 406 g/mol. The first-order valence-electron chi connectivity index (χ1n) is 9.16. The van der Waals surface area contributed by atoms with Gasteiger partial charge in [0.15, 0.2) is 0 Å². The van der Waals surface area contributed by atoms with Crippen molar-refractivity contribution < 1.29 is 13.2 Å². The molecule has 3 aromatic rings. The van der Waals surface area contributed by atoms with Crippen molar-refractivity contribution in [3.8, 4) is 0 Å². The molecule has 0 aliphatic rings. The minimum Gasteiger partial charge on any atom is -0.375 e. The Morgan fingerprint density at radius 1 is 1.00 bits per heavy atom. The van der Waals surface area contributed by atoms with E-state index >= 15 is 0 Å². The number of benzene rings is 2. The Kier molecular flexibility index (Phi) is 6.90. The molecule has 0 radical (unpaired) electrons. The summed E-state index contributed by atoms with van der Waals surface area (Å²) in [6.07, 6.45) is 0.815. The number of amides is 1. The molecule has 2 aromatic carbocycles. The topological polar surface area (TPSA) is 78.5 Å². The first-order chi connectivity index (χ1) is 14.0. The molecule has 6 nitrogen and oxygen atoms in total. The van der Waals surface area contributed by atoms with Gasteiger partial charge in [0, 0.05) is 37.1 Å². The van der Waals surface area contributed by atoms with Gasteiger partial charge in [-0.2, -0.15) is 0 Å². The van der Waals surface area contributed by atoms with E-state index in [1.165, 1.54) is 0 Å².